The normalized spacial score (nSPS) is 12.0. The van der Waals surface area contributed by atoms with Gasteiger partial charge in [-0.3, -0.25) is 9.59 Å². The molecule has 0 fully saturated rings. The Morgan fingerprint density at radius 3 is 2.59 bits per heavy atom. The van der Waals surface area contributed by atoms with Gasteiger partial charge in [0.05, 0.1) is 11.3 Å². The molecule has 41 heavy (non-hydrogen) atoms. The number of hydrogen-bond acceptors (Lipinski definition) is 6. The van der Waals surface area contributed by atoms with Crippen LogP contribution in [0.15, 0.2) is 85.3 Å². The van der Waals surface area contributed by atoms with Crippen LogP contribution in [0.3, 0.4) is 0 Å². The third-order valence-electron chi connectivity index (χ3n) is 6.44. The van der Waals surface area contributed by atoms with Crippen molar-refractivity contribution in [2.75, 3.05) is 5.32 Å². The fourth-order valence-electron chi connectivity index (χ4n) is 4.47. The molecule has 0 radical (unpaired) electrons. The maximum atomic E-state index is 13.4. The molecule has 0 saturated heterocycles. The number of benzene rings is 3. The van der Waals surface area contributed by atoms with Gasteiger partial charge in [0.2, 0.25) is 11.8 Å². The molecule has 0 saturated carbocycles. The number of aromatic carboxylic acids is 1. The molecule has 5 aromatic rings. The molecule has 0 aliphatic rings. The maximum Gasteiger partial charge on any atom is 0.335 e. The van der Waals surface area contributed by atoms with Gasteiger partial charge in [-0.25, -0.2) is 4.79 Å². The van der Waals surface area contributed by atoms with Gasteiger partial charge in [0.1, 0.15) is 12.4 Å². The molecule has 0 aliphatic heterocycles. The van der Waals surface area contributed by atoms with Crippen LogP contribution in [-0.2, 0) is 23.1 Å². The molecule has 3 N–H and O–H groups in total. The molecule has 1 unspecified atom stereocenters. The van der Waals surface area contributed by atoms with Crippen LogP contribution in [0.1, 0.15) is 21.5 Å². The van der Waals surface area contributed by atoms with Crippen molar-refractivity contribution in [3.63, 3.8) is 0 Å². The van der Waals surface area contributed by atoms with Gasteiger partial charge in [-0.05, 0) is 70.6 Å². The highest BCUT2D eigenvalue weighted by Gasteiger charge is 2.23. The number of carboxylic acids is 1. The third-order valence-corrected chi connectivity index (χ3v) is 6.67. The molecule has 5 rings (SSSR count). The van der Waals surface area contributed by atoms with Gasteiger partial charge < -0.3 is 20.3 Å². The smallest absolute Gasteiger partial charge is 0.335 e. The Labute approximate surface area is 239 Å². The number of aromatic nitrogens is 5. The molecule has 2 amide bonds. The number of aryl methyl sites for hydroxylation is 1. The zero-order valence-electron chi connectivity index (χ0n) is 21.7. The molecule has 206 valence electrons. The number of carboxylic acid groups (broad SMARTS) is 1. The topological polar surface area (TPSA) is 144 Å². The summed E-state index contributed by atoms with van der Waals surface area (Å²) in [5.41, 5.74) is 3.57. The van der Waals surface area contributed by atoms with Gasteiger partial charge in [-0.1, -0.05) is 29.8 Å². The van der Waals surface area contributed by atoms with E-state index in [-0.39, 0.29) is 12.0 Å². The minimum Gasteiger partial charge on any atom is -0.478 e. The van der Waals surface area contributed by atoms with Gasteiger partial charge >= 0.3 is 5.97 Å². The number of amides is 2. The van der Waals surface area contributed by atoms with E-state index in [1.54, 1.807) is 24.3 Å². The largest absolute Gasteiger partial charge is 0.478 e. The van der Waals surface area contributed by atoms with E-state index in [0.29, 0.717) is 22.0 Å². The first-order chi connectivity index (χ1) is 19.8. The van der Waals surface area contributed by atoms with Crippen molar-refractivity contribution in [1.29, 1.82) is 0 Å². The number of carbonyl (C=O) groups excluding carboxylic acids is 2. The number of hydrogen-bond donors (Lipinski definition) is 3. The molecular weight excluding hydrogens is 546 g/mol. The average molecular weight is 570 g/mol. The summed E-state index contributed by atoms with van der Waals surface area (Å²) in [6.45, 7) is 0. The van der Waals surface area contributed by atoms with Crippen LogP contribution in [0.25, 0.3) is 22.7 Å². The second-order valence-corrected chi connectivity index (χ2v) is 9.65. The average Bonchev–Trinajstić information content (AvgIpc) is 3.60. The maximum absolute atomic E-state index is 13.4. The standard InChI is InChI=1S/C29H24ClN7O4/c1-36-16-20(23-4-2-3-5-26(23)36)15-24(28(39)32-22-10-6-18(7-11-22)29(40)41)33-27(38)13-8-19-14-21(30)9-12-25(19)37-17-31-34-35-37/h2-14,16-17,24H,15H2,1H3,(H,32,39)(H,33,38)(H,40,41). The van der Waals surface area contributed by atoms with Gasteiger partial charge in [0, 0.05) is 52.9 Å². The summed E-state index contributed by atoms with van der Waals surface area (Å²) in [4.78, 5) is 37.7. The lowest BCUT2D eigenvalue weighted by atomic mass is 10.0. The Morgan fingerprint density at radius 2 is 1.85 bits per heavy atom. The number of nitrogens with zero attached hydrogens (tertiary/aromatic N) is 5. The minimum atomic E-state index is -1.07. The van der Waals surface area contributed by atoms with E-state index >= 15 is 0 Å². The number of para-hydroxylation sites is 1. The first-order valence-electron chi connectivity index (χ1n) is 12.5. The molecule has 3 aromatic carbocycles. The van der Waals surface area contributed by atoms with Gasteiger partial charge in [0.25, 0.3) is 0 Å². The third kappa shape index (κ3) is 6.31. The summed E-state index contributed by atoms with van der Waals surface area (Å²) >= 11 is 6.18. The molecule has 0 bridgehead atoms. The van der Waals surface area contributed by atoms with Crippen LogP contribution < -0.4 is 10.6 Å². The number of carbonyl (C=O) groups is 3. The SMILES string of the molecule is Cn1cc(CC(NC(=O)C=Cc2cc(Cl)ccc2-n2cnnn2)C(=O)Nc2ccc(C(=O)O)cc2)c2ccccc21. The molecule has 0 spiro atoms. The van der Waals surface area contributed by atoms with Crippen molar-refractivity contribution in [1.82, 2.24) is 30.1 Å². The predicted molar refractivity (Wildman–Crippen MR) is 154 cm³/mol. The van der Waals surface area contributed by atoms with E-state index in [1.807, 2.05) is 42.1 Å². The molecule has 11 nitrogen and oxygen atoms in total. The highest BCUT2D eigenvalue weighted by molar-refractivity contribution is 6.30. The number of fused-ring (bicyclic) bond motifs is 1. The number of anilines is 1. The lowest BCUT2D eigenvalue weighted by Crippen LogP contribution is -2.44. The highest BCUT2D eigenvalue weighted by atomic mass is 35.5. The second-order valence-electron chi connectivity index (χ2n) is 9.21. The summed E-state index contributed by atoms with van der Waals surface area (Å²) in [6.07, 6.45) is 6.44. The van der Waals surface area contributed by atoms with Crippen molar-refractivity contribution >= 4 is 52.1 Å². The van der Waals surface area contributed by atoms with Crippen molar-refractivity contribution in [3.05, 3.63) is 107 Å². The fraction of sp³-hybridized carbons (Fsp3) is 0.103. The van der Waals surface area contributed by atoms with Crippen LogP contribution >= 0.6 is 11.6 Å². The first kappa shape index (κ1) is 27.3. The monoisotopic (exact) mass is 569 g/mol. The van der Waals surface area contributed by atoms with E-state index in [4.69, 9.17) is 16.7 Å². The molecule has 2 aromatic heterocycles. The number of halogens is 1. The zero-order chi connectivity index (χ0) is 28.9. The Hall–Kier alpha value is -5.29. The number of nitrogens with one attached hydrogen (secondary N) is 2. The van der Waals surface area contributed by atoms with Crippen molar-refractivity contribution in [2.24, 2.45) is 7.05 Å². The Balaban J connectivity index is 1.40. The lowest BCUT2D eigenvalue weighted by Gasteiger charge is -2.18. The summed E-state index contributed by atoms with van der Waals surface area (Å²) in [5.74, 6) is -2.03. The Morgan fingerprint density at radius 1 is 1.07 bits per heavy atom. The summed E-state index contributed by atoms with van der Waals surface area (Å²) in [7, 11) is 1.92. The van der Waals surface area contributed by atoms with Crippen molar-refractivity contribution in [3.8, 4) is 5.69 Å². The summed E-state index contributed by atoms with van der Waals surface area (Å²) in [5, 5.41) is 27.4. The van der Waals surface area contributed by atoms with E-state index in [1.165, 1.54) is 41.4 Å². The predicted octanol–water partition coefficient (Wildman–Crippen LogP) is 3.89. The van der Waals surface area contributed by atoms with Crippen molar-refractivity contribution in [2.45, 2.75) is 12.5 Å². The summed E-state index contributed by atoms with van der Waals surface area (Å²) in [6, 6.07) is 17.7. The molecule has 0 aliphatic carbocycles. The van der Waals surface area contributed by atoms with E-state index in [2.05, 4.69) is 26.2 Å². The van der Waals surface area contributed by atoms with E-state index in [0.717, 1.165) is 16.5 Å². The highest BCUT2D eigenvalue weighted by Crippen LogP contribution is 2.23. The van der Waals surface area contributed by atoms with Crippen LogP contribution in [0.5, 0.6) is 0 Å². The van der Waals surface area contributed by atoms with Gasteiger partial charge in [-0.15, -0.1) is 5.10 Å². The molecule has 12 heteroatoms. The molecule has 1 atom stereocenters. The van der Waals surface area contributed by atoms with Gasteiger partial charge in [0.15, 0.2) is 0 Å². The Bertz CT molecular complexity index is 1760. The van der Waals surface area contributed by atoms with Crippen LogP contribution in [-0.4, -0.2) is 53.7 Å². The van der Waals surface area contributed by atoms with Crippen LogP contribution in [0, 0.1) is 0 Å². The van der Waals surface area contributed by atoms with E-state index < -0.39 is 23.8 Å². The zero-order valence-corrected chi connectivity index (χ0v) is 22.5. The second kappa shape index (κ2) is 11.8. The Kier molecular flexibility index (Phi) is 7.88. The minimum absolute atomic E-state index is 0.0933. The van der Waals surface area contributed by atoms with Crippen molar-refractivity contribution < 1.29 is 19.5 Å². The molecule has 2 heterocycles. The van der Waals surface area contributed by atoms with Crippen LogP contribution in [0.2, 0.25) is 5.02 Å². The number of rotatable bonds is 9. The van der Waals surface area contributed by atoms with Gasteiger partial charge in [-0.2, -0.15) is 4.68 Å². The van der Waals surface area contributed by atoms with E-state index in [9.17, 15) is 14.4 Å². The molecular formula is C29H24ClN7O4. The lowest BCUT2D eigenvalue weighted by molar-refractivity contribution is -0.123. The summed E-state index contributed by atoms with van der Waals surface area (Å²) < 4.78 is 3.41. The fourth-order valence-corrected chi connectivity index (χ4v) is 4.65. The first-order valence-corrected chi connectivity index (χ1v) is 12.8. The quantitative estimate of drug-likeness (QED) is 0.228. The number of tetrazole rings is 1. The van der Waals surface area contributed by atoms with Crippen LogP contribution in [0.4, 0.5) is 5.69 Å².